The lowest BCUT2D eigenvalue weighted by Crippen LogP contribution is -2.52. The number of halogens is 2. The Morgan fingerprint density at radius 3 is 2.38 bits per heavy atom. The number of carbonyl (C=O) groups is 1. The number of benzene rings is 3. The molecule has 3 aromatic carbocycles. The third-order valence-corrected chi connectivity index (χ3v) is 6.85. The average Bonchev–Trinajstić information content (AvgIpc) is 3.33. The molecule has 1 fully saturated rings. The maximum Gasteiger partial charge on any atom is 0.253 e. The Morgan fingerprint density at radius 2 is 1.73 bits per heavy atom. The van der Waals surface area contributed by atoms with Crippen LogP contribution in [0.1, 0.15) is 53.1 Å². The molecule has 0 radical (unpaired) electrons. The van der Waals surface area contributed by atoms with Crippen molar-refractivity contribution >= 4 is 29.1 Å². The van der Waals surface area contributed by atoms with Gasteiger partial charge in [-0.2, -0.15) is 0 Å². The third-order valence-electron chi connectivity index (χ3n) is 6.37. The SMILES string of the molecule is C=CCC1OC(c2cccc(Cl)c2)C(c2ccc(Cl)cc2)N(C(c2ccccc2)c2nnc(C)o2)C1=O. The number of ether oxygens (including phenoxy) is 1. The molecule has 0 N–H and O–H groups in total. The number of nitrogens with zero attached hydrogens (tertiary/aromatic N) is 3. The van der Waals surface area contributed by atoms with Crippen LogP contribution in [0.3, 0.4) is 0 Å². The lowest BCUT2D eigenvalue weighted by molar-refractivity contribution is -0.178. The highest BCUT2D eigenvalue weighted by Gasteiger charge is 2.48. The summed E-state index contributed by atoms with van der Waals surface area (Å²) in [4.78, 5) is 16.0. The van der Waals surface area contributed by atoms with E-state index in [2.05, 4.69) is 16.8 Å². The van der Waals surface area contributed by atoms with E-state index in [0.717, 1.165) is 16.7 Å². The van der Waals surface area contributed by atoms with Gasteiger partial charge < -0.3 is 14.1 Å². The number of rotatable bonds is 7. The second-order valence-corrected chi connectivity index (χ2v) is 9.71. The van der Waals surface area contributed by atoms with E-state index < -0.39 is 24.3 Å². The molecule has 0 bridgehead atoms. The molecule has 1 aliphatic heterocycles. The van der Waals surface area contributed by atoms with Crippen molar-refractivity contribution < 1.29 is 13.9 Å². The smallest absolute Gasteiger partial charge is 0.253 e. The summed E-state index contributed by atoms with van der Waals surface area (Å²) in [5, 5.41) is 9.58. The maximum atomic E-state index is 14.2. The summed E-state index contributed by atoms with van der Waals surface area (Å²) in [6, 6.07) is 23.4. The second-order valence-electron chi connectivity index (χ2n) is 8.84. The van der Waals surface area contributed by atoms with Crippen molar-refractivity contribution in [3.8, 4) is 0 Å². The van der Waals surface area contributed by atoms with Gasteiger partial charge in [-0.15, -0.1) is 16.8 Å². The van der Waals surface area contributed by atoms with Crippen LogP contribution >= 0.6 is 23.2 Å². The molecular formula is C29H25Cl2N3O3. The van der Waals surface area contributed by atoms with Gasteiger partial charge in [0.2, 0.25) is 11.8 Å². The van der Waals surface area contributed by atoms with E-state index in [1.165, 1.54) is 0 Å². The highest BCUT2D eigenvalue weighted by molar-refractivity contribution is 6.30. The van der Waals surface area contributed by atoms with Gasteiger partial charge in [-0.05, 0) is 41.0 Å². The predicted molar refractivity (Wildman–Crippen MR) is 142 cm³/mol. The van der Waals surface area contributed by atoms with Gasteiger partial charge in [0.25, 0.3) is 5.91 Å². The van der Waals surface area contributed by atoms with Crippen LogP contribution in [0.15, 0.2) is 95.9 Å². The standard InChI is InChI=1S/C29H25Cl2N3O3/c1-3-8-24-29(35)34(26(19-9-5-4-6-10-19)28-33-32-18(2)36-28)25(20-13-15-22(30)16-14-20)27(37-24)21-11-7-12-23(31)17-21/h3-7,9-17,24-27H,1,8H2,2H3. The molecule has 0 aliphatic carbocycles. The van der Waals surface area contributed by atoms with E-state index in [4.69, 9.17) is 32.4 Å². The molecule has 1 saturated heterocycles. The molecule has 0 spiro atoms. The Labute approximate surface area is 225 Å². The lowest BCUT2D eigenvalue weighted by atomic mass is 9.88. The van der Waals surface area contributed by atoms with Crippen molar-refractivity contribution in [2.75, 3.05) is 0 Å². The number of aromatic nitrogens is 2. The van der Waals surface area contributed by atoms with Crippen LogP contribution in [0, 0.1) is 6.92 Å². The predicted octanol–water partition coefficient (Wildman–Crippen LogP) is 7.06. The van der Waals surface area contributed by atoms with Crippen molar-refractivity contribution in [3.63, 3.8) is 0 Å². The molecule has 8 heteroatoms. The first-order valence-electron chi connectivity index (χ1n) is 11.9. The first-order valence-corrected chi connectivity index (χ1v) is 12.7. The van der Waals surface area contributed by atoms with Crippen LogP contribution in [-0.2, 0) is 9.53 Å². The summed E-state index contributed by atoms with van der Waals surface area (Å²) >= 11 is 12.6. The Hall–Kier alpha value is -3.45. The first-order chi connectivity index (χ1) is 18.0. The van der Waals surface area contributed by atoms with Gasteiger partial charge in [0.1, 0.15) is 18.2 Å². The average molecular weight is 534 g/mol. The third kappa shape index (κ3) is 5.18. The van der Waals surface area contributed by atoms with Crippen molar-refractivity contribution in [3.05, 3.63) is 130 Å². The molecule has 1 aromatic heterocycles. The Bertz CT molecular complexity index is 1390. The number of hydrogen-bond donors (Lipinski definition) is 0. The molecule has 1 amide bonds. The van der Waals surface area contributed by atoms with Crippen molar-refractivity contribution in [2.24, 2.45) is 0 Å². The molecule has 6 nitrogen and oxygen atoms in total. The molecule has 37 heavy (non-hydrogen) atoms. The normalized spacial score (nSPS) is 20.6. The zero-order valence-electron chi connectivity index (χ0n) is 20.1. The van der Waals surface area contributed by atoms with Crippen LogP contribution in [0.2, 0.25) is 10.0 Å². The van der Waals surface area contributed by atoms with Crippen molar-refractivity contribution in [2.45, 2.75) is 37.6 Å². The van der Waals surface area contributed by atoms with E-state index in [0.29, 0.717) is 28.2 Å². The van der Waals surface area contributed by atoms with E-state index >= 15 is 0 Å². The fourth-order valence-corrected chi connectivity index (χ4v) is 5.10. The number of amides is 1. The van der Waals surface area contributed by atoms with Gasteiger partial charge in [-0.1, -0.05) is 83.9 Å². The van der Waals surface area contributed by atoms with Gasteiger partial charge in [0, 0.05) is 23.4 Å². The maximum absolute atomic E-state index is 14.2. The van der Waals surface area contributed by atoms with Crippen molar-refractivity contribution in [1.29, 1.82) is 0 Å². The van der Waals surface area contributed by atoms with E-state index in [1.807, 2.05) is 66.7 Å². The molecule has 5 rings (SSSR count). The van der Waals surface area contributed by atoms with Gasteiger partial charge in [-0.25, -0.2) is 0 Å². The van der Waals surface area contributed by atoms with Crippen LogP contribution < -0.4 is 0 Å². The monoisotopic (exact) mass is 533 g/mol. The summed E-state index contributed by atoms with van der Waals surface area (Å²) in [6.45, 7) is 5.58. The summed E-state index contributed by atoms with van der Waals surface area (Å²) in [5.41, 5.74) is 2.52. The van der Waals surface area contributed by atoms with Gasteiger partial charge in [0.15, 0.2) is 0 Å². The Morgan fingerprint density at radius 1 is 0.973 bits per heavy atom. The summed E-state index contributed by atoms with van der Waals surface area (Å²) in [6.07, 6.45) is 0.717. The molecular weight excluding hydrogens is 509 g/mol. The lowest BCUT2D eigenvalue weighted by Gasteiger charge is -2.47. The van der Waals surface area contributed by atoms with Crippen LogP contribution in [0.4, 0.5) is 0 Å². The van der Waals surface area contributed by atoms with E-state index in [-0.39, 0.29) is 5.91 Å². The molecule has 2 heterocycles. The number of aryl methyl sites for hydroxylation is 1. The molecule has 0 saturated carbocycles. The number of carbonyl (C=O) groups excluding carboxylic acids is 1. The van der Waals surface area contributed by atoms with Crippen LogP contribution in [0.25, 0.3) is 0 Å². The zero-order chi connectivity index (χ0) is 25.9. The summed E-state index contributed by atoms with van der Waals surface area (Å²) < 4.78 is 12.5. The van der Waals surface area contributed by atoms with Crippen LogP contribution in [0.5, 0.6) is 0 Å². The topological polar surface area (TPSA) is 68.5 Å². The number of morpholine rings is 1. The molecule has 4 aromatic rings. The summed E-state index contributed by atoms with van der Waals surface area (Å²) in [5.74, 6) is 0.525. The highest BCUT2D eigenvalue weighted by Crippen LogP contribution is 2.48. The van der Waals surface area contributed by atoms with Gasteiger partial charge >= 0.3 is 0 Å². The molecule has 1 aliphatic rings. The Balaban J connectivity index is 1.75. The minimum Gasteiger partial charge on any atom is -0.423 e. The minimum absolute atomic E-state index is 0.206. The fraction of sp³-hybridized carbons (Fsp3) is 0.207. The van der Waals surface area contributed by atoms with Crippen molar-refractivity contribution in [1.82, 2.24) is 15.1 Å². The number of hydrogen-bond acceptors (Lipinski definition) is 5. The molecule has 188 valence electrons. The van der Waals surface area contributed by atoms with Gasteiger partial charge in [0.05, 0.1) is 6.04 Å². The largest absolute Gasteiger partial charge is 0.423 e. The fourth-order valence-electron chi connectivity index (χ4n) is 4.77. The van der Waals surface area contributed by atoms with E-state index in [9.17, 15) is 4.79 Å². The van der Waals surface area contributed by atoms with Gasteiger partial charge in [-0.3, -0.25) is 4.79 Å². The molecule has 4 atom stereocenters. The first kappa shape index (κ1) is 25.2. The highest BCUT2D eigenvalue weighted by atomic mass is 35.5. The second kappa shape index (κ2) is 10.9. The summed E-state index contributed by atoms with van der Waals surface area (Å²) in [7, 11) is 0. The molecule has 4 unspecified atom stereocenters. The Kier molecular flexibility index (Phi) is 7.42. The minimum atomic E-state index is -0.764. The quantitative estimate of drug-likeness (QED) is 0.238. The zero-order valence-corrected chi connectivity index (χ0v) is 21.6. The van der Waals surface area contributed by atoms with Crippen LogP contribution in [-0.4, -0.2) is 27.1 Å². The van der Waals surface area contributed by atoms with E-state index in [1.54, 1.807) is 30.0 Å².